The topological polar surface area (TPSA) is 100 Å². The average molecular weight is 366 g/mol. The molecule has 2 bridgehead atoms. The van der Waals surface area contributed by atoms with Gasteiger partial charge < -0.3 is 14.6 Å². The van der Waals surface area contributed by atoms with Gasteiger partial charge in [0.1, 0.15) is 12.2 Å². The van der Waals surface area contributed by atoms with Crippen molar-refractivity contribution in [3.05, 3.63) is 12.2 Å². The molecule has 0 spiro atoms. The van der Waals surface area contributed by atoms with Crippen LogP contribution >= 0.6 is 0 Å². The second-order valence-electron chi connectivity index (χ2n) is 7.48. The number of amides is 1. The molecule has 0 aromatic carbocycles. The van der Waals surface area contributed by atoms with Crippen LogP contribution in [0.15, 0.2) is 12.2 Å². The monoisotopic (exact) mass is 366 g/mol. The molecule has 7 heteroatoms. The number of nitrogens with one attached hydrogen (secondary N) is 2. The lowest BCUT2D eigenvalue weighted by Crippen LogP contribution is -2.45. The van der Waals surface area contributed by atoms with Gasteiger partial charge in [0.15, 0.2) is 0 Å². The minimum absolute atomic E-state index is 0.0337. The van der Waals surface area contributed by atoms with Crippen LogP contribution in [0.1, 0.15) is 51.9 Å². The van der Waals surface area contributed by atoms with Gasteiger partial charge in [-0.15, -0.1) is 0 Å². The number of carboxylic acid groups (broad SMARTS) is 1. The molecule has 3 rings (SSSR count). The number of ether oxygens (including phenoxy) is 2. The van der Waals surface area contributed by atoms with Gasteiger partial charge in [-0.05, 0) is 31.6 Å². The molecule has 6 atom stereocenters. The fourth-order valence-electron chi connectivity index (χ4n) is 4.16. The van der Waals surface area contributed by atoms with E-state index >= 15 is 0 Å². The third-order valence-corrected chi connectivity index (χ3v) is 5.58. The van der Waals surface area contributed by atoms with Crippen LogP contribution < -0.4 is 10.9 Å². The SMILES string of the molecule is CCCCC(=O)NNC[C@@H]1[C@H](CC=CCCCC(=O)O)[C@H]2O[C@@H]1[C@H]1O[C@H]12. The van der Waals surface area contributed by atoms with Crippen molar-refractivity contribution < 1.29 is 24.2 Å². The molecule has 3 N–H and O–H groups in total. The van der Waals surface area contributed by atoms with Crippen LogP contribution in [0.2, 0.25) is 0 Å². The van der Waals surface area contributed by atoms with Gasteiger partial charge >= 0.3 is 5.97 Å². The summed E-state index contributed by atoms with van der Waals surface area (Å²) >= 11 is 0. The Morgan fingerprint density at radius 3 is 2.46 bits per heavy atom. The number of hydrogen-bond donors (Lipinski definition) is 3. The summed E-state index contributed by atoms with van der Waals surface area (Å²) in [6, 6.07) is 0. The fourth-order valence-corrected chi connectivity index (χ4v) is 4.16. The standard InChI is InChI=1S/C19H30N2O5/c1-2-3-9-14(22)21-20-11-13-12(8-6-4-5-7-10-15(23)24)16-18-19(26-18)17(13)25-16/h4,6,12-13,16-20H,2-3,5,7-11H2,1H3,(H,21,22)(H,23,24)/t12-,13+,16+,17-,18-,19+/m0/s1. The minimum atomic E-state index is -0.746. The first-order valence-electron chi connectivity index (χ1n) is 9.81. The lowest BCUT2D eigenvalue weighted by atomic mass is 9.77. The lowest BCUT2D eigenvalue weighted by Gasteiger charge is -2.25. The van der Waals surface area contributed by atoms with Crippen molar-refractivity contribution >= 4 is 11.9 Å². The van der Waals surface area contributed by atoms with Crippen LogP contribution in [0.5, 0.6) is 0 Å². The Bertz CT molecular complexity index is 538. The first-order chi connectivity index (χ1) is 12.6. The zero-order chi connectivity index (χ0) is 18.5. The Kier molecular flexibility index (Phi) is 6.67. The van der Waals surface area contributed by atoms with Crippen molar-refractivity contribution in [2.75, 3.05) is 6.54 Å². The highest BCUT2D eigenvalue weighted by molar-refractivity contribution is 5.75. The number of fused-ring (bicyclic) bond motifs is 5. The summed E-state index contributed by atoms with van der Waals surface area (Å²) in [5, 5.41) is 8.66. The van der Waals surface area contributed by atoms with Gasteiger partial charge in [-0.2, -0.15) is 0 Å². The molecule has 3 aliphatic heterocycles. The first kappa shape index (κ1) is 19.3. The highest BCUT2D eigenvalue weighted by atomic mass is 16.7. The molecular formula is C19H30N2O5. The number of unbranched alkanes of at least 4 members (excludes halogenated alkanes) is 2. The molecule has 3 fully saturated rings. The van der Waals surface area contributed by atoms with E-state index in [0.29, 0.717) is 31.2 Å². The quantitative estimate of drug-likeness (QED) is 0.211. The number of hydrazine groups is 1. The van der Waals surface area contributed by atoms with Gasteiger partial charge in [0.25, 0.3) is 0 Å². The van der Waals surface area contributed by atoms with Gasteiger partial charge in [-0.3, -0.25) is 15.0 Å². The van der Waals surface area contributed by atoms with E-state index in [1.807, 2.05) is 0 Å². The van der Waals surface area contributed by atoms with E-state index in [4.69, 9.17) is 14.6 Å². The van der Waals surface area contributed by atoms with Crippen molar-refractivity contribution in [2.45, 2.75) is 76.3 Å². The first-order valence-corrected chi connectivity index (χ1v) is 9.81. The summed E-state index contributed by atoms with van der Waals surface area (Å²) < 4.78 is 11.8. The normalized spacial score (nSPS) is 34.2. The number of carboxylic acids is 1. The molecule has 3 saturated heterocycles. The number of epoxide rings is 1. The van der Waals surface area contributed by atoms with E-state index in [9.17, 15) is 9.59 Å². The predicted octanol–water partition coefficient (Wildman–Crippen LogP) is 1.78. The van der Waals surface area contributed by atoms with E-state index in [0.717, 1.165) is 25.7 Å². The second-order valence-corrected chi connectivity index (χ2v) is 7.48. The van der Waals surface area contributed by atoms with Crippen molar-refractivity contribution in [1.29, 1.82) is 0 Å². The van der Waals surface area contributed by atoms with Crippen LogP contribution in [0.25, 0.3) is 0 Å². The van der Waals surface area contributed by atoms with Crippen molar-refractivity contribution in [1.82, 2.24) is 10.9 Å². The van der Waals surface area contributed by atoms with Crippen molar-refractivity contribution in [3.63, 3.8) is 0 Å². The van der Waals surface area contributed by atoms with E-state index < -0.39 is 5.97 Å². The number of rotatable bonds is 12. The smallest absolute Gasteiger partial charge is 0.303 e. The van der Waals surface area contributed by atoms with Crippen LogP contribution in [-0.2, 0) is 19.1 Å². The summed E-state index contributed by atoms with van der Waals surface area (Å²) in [5.41, 5.74) is 5.88. The Labute approximate surface area is 154 Å². The Morgan fingerprint density at radius 2 is 1.73 bits per heavy atom. The molecule has 0 aliphatic carbocycles. The third-order valence-electron chi connectivity index (χ3n) is 5.58. The van der Waals surface area contributed by atoms with Crippen LogP contribution in [0, 0.1) is 11.8 Å². The van der Waals surface area contributed by atoms with Crippen LogP contribution in [-0.4, -0.2) is 47.9 Å². The molecule has 146 valence electrons. The van der Waals surface area contributed by atoms with Crippen LogP contribution in [0.4, 0.5) is 0 Å². The summed E-state index contributed by atoms with van der Waals surface area (Å²) in [4.78, 5) is 22.3. The Balaban J connectivity index is 1.42. The molecule has 3 aliphatic rings. The maximum atomic E-state index is 11.7. The molecule has 0 aromatic rings. The van der Waals surface area contributed by atoms with Gasteiger partial charge in [0.2, 0.25) is 5.91 Å². The number of hydrogen-bond acceptors (Lipinski definition) is 5. The maximum Gasteiger partial charge on any atom is 0.303 e. The zero-order valence-electron chi connectivity index (χ0n) is 15.4. The molecular weight excluding hydrogens is 336 g/mol. The molecule has 3 heterocycles. The van der Waals surface area contributed by atoms with Crippen molar-refractivity contribution in [2.24, 2.45) is 11.8 Å². The highest BCUT2D eigenvalue weighted by Crippen LogP contribution is 2.54. The van der Waals surface area contributed by atoms with Gasteiger partial charge in [0.05, 0.1) is 12.2 Å². The maximum absolute atomic E-state index is 11.7. The number of carbonyl (C=O) groups excluding carboxylic acids is 1. The largest absolute Gasteiger partial charge is 0.481 e. The zero-order valence-corrected chi connectivity index (χ0v) is 15.4. The number of aliphatic carboxylic acids is 1. The molecule has 0 saturated carbocycles. The molecule has 0 aromatic heterocycles. The summed E-state index contributed by atoms with van der Waals surface area (Å²) in [6.45, 7) is 2.75. The molecule has 0 unspecified atom stereocenters. The average Bonchev–Trinajstić information content (AvgIpc) is 3.24. The Morgan fingerprint density at radius 1 is 1.00 bits per heavy atom. The summed E-state index contributed by atoms with van der Waals surface area (Å²) in [6.07, 6.45) is 9.98. The fraction of sp³-hybridized carbons (Fsp3) is 0.789. The minimum Gasteiger partial charge on any atom is -0.481 e. The molecule has 26 heavy (non-hydrogen) atoms. The molecule has 7 nitrogen and oxygen atoms in total. The Hall–Kier alpha value is -1.44. The van der Waals surface area contributed by atoms with E-state index in [-0.39, 0.29) is 36.7 Å². The lowest BCUT2D eigenvalue weighted by molar-refractivity contribution is -0.137. The summed E-state index contributed by atoms with van der Waals surface area (Å²) in [7, 11) is 0. The third kappa shape index (κ3) is 4.64. The van der Waals surface area contributed by atoms with E-state index in [1.165, 1.54) is 0 Å². The molecule has 1 amide bonds. The second kappa shape index (κ2) is 8.97. The van der Waals surface area contributed by atoms with E-state index in [1.54, 1.807) is 0 Å². The predicted molar refractivity (Wildman–Crippen MR) is 95.2 cm³/mol. The number of allylic oxidation sites excluding steroid dienone is 2. The number of carbonyl (C=O) groups is 2. The van der Waals surface area contributed by atoms with Gasteiger partial charge in [-0.1, -0.05) is 25.5 Å². The highest BCUT2D eigenvalue weighted by Gasteiger charge is 2.68. The van der Waals surface area contributed by atoms with E-state index in [2.05, 4.69) is 29.9 Å². The van der Waals surface area contributed by atoms with Gasteiger partial charge in [0, 0.05) is 25.3 Å². The molecule has 0 radical (unpaired) electrons. The van der Waals surface area contributed by atoms with Crippen molar-refractivity contribution in [3.8, 4) is 0 Å². The van der Waals surface area contributed by atoms with Gasteiger partial charge in [-0.25, -0.2) is 5.43 Å². The van der Waals surface area contributed by atoms with Crippen LogP contribution in [0.3, 0.4) is 0 Å². The summed E-state index contributed by atoms with van der Waals surface area (Å²) in [5.74, 6) is -0.0197.